The van der Waals surface area contributed by atoms with Gasteiger partial charge in [0.05, 0.1) is 18.1 Å². The molecule has 268 valence electrons. The van der Waals surface area contributed by atoms with E-state index >= 15 is 0 Å². The largest absolute Gasteiger partial charge is 0.494 e. The van der Waals surface area contributed by atoms with Gasteiger partial charge < -0.3 is 20.5 Å². The number of carboxylic acid groups (broad SMARTS) is 1. The van der Waals surface area contributed by atoms with Gasteiger partial charge in [-0.15, -0.1) is 0 Å². The Morgan fingerprint density at radius 1 is 0.922 bits per heavy atom. The van der Waals surface area contributed by atoms with Crippen LogP contribution in [0.1, 0.15) is 99.3 Å². The van der Waals surface area contributed by atoms with Gasteiger partial charge in [-0.05, 0) is 87.4 Å². The van der Waals surface area contributed by atoms with Crippen molar-refractivity contribution in [2.45, 2.75) is 90.6 Å². The minimum Gasteiger partial charge on any atom is -0.494 e. The van der Waals surface area contributed by atoms with Crippen LogP contribution in [0.15, 0.2) is 89.0 Å². The smallest absolute Gasteiger partial charge is 0.325 e. The van der Waals surface area contributed by atoms with E-state index in [1.807, 2.05) is 31.2 Å². The summed E-state index contributed by atoms with van der Waals surface area (Å²) in [5.74, 6) is -1.10. The molecule has 0 fully saturated rings. The number of hydrogen-bond acceptors (Lipinski definition) is 6. The summed E-state index contributed by atoms with van der Waals surface area (Å²) in [5, 5.41) is 23.9. The molecule has 10 nitrogen and oxygen atoms in total. The fraction of sp³-hybridized carbons (Fsp3) is 0.366. The first kappa shape index (κ1) is 39.9. The summed E-state index contributed by atoms with van der Waals surface area (Å²) < 4.78 is 5.88. The molecule has 0 unspecified atom stereocenters. The van der Waals surface area contributed by atoms with Crippen LogP contribution in [-0.2, 0) is 21.4 Å². The van der Waals surface area contributed by atoms with Gasteiger partial charge in [0.1, 0.15) is 17.8 Å². The molecule has 0 heterocycles. The van der Waals surface area contributed by atoms with Gasteiger partial charge >= 0.3 is 5.97 Å². The Balaban J connectivity index is 1.71. The number of aliphatic carboxylic acids is 1. The normalized spacial score (nSPS) is 13.0. The van der Waals surface area contributed by atoms with Crippen molar-refractivity contribution < 1.29 is 24.2 Å². The second-order valence-corrected chi connectivity index (χ2v) is 13.0. The highest BCUT2D eigenvalue weighted by atomic mass is 16.5. The van der Waals surface area contributed by atoms with Crippen molar-refractivity contribution in [3.63, 3.8) is 0 Å². The fourth-order valence-electron chi connectivity index (χ4n) is 5.10. The summed E-state index contributed by atoms with van der Waals surface area (Å²) in [7, 11) is 0. The molecule has 51 heavy (non-hydrogen) atoms. The first-order chi connectivity index (χ1) is 24.4. The summed E-state index contributed by atoms with van der Waals surface area (Å²) in [6.07, 6.45) is 7.78. The number of hydrogen-bond donors (Lipinski definition) is 3. The summed E-state index contributed by atoms with van der Waals surface area (Å²) in [6.45, 7) is 13.5. The molecule has 3 N–H and O–H groups in total. The topological polar surface area (TPSA) is 153 Å². The molecule has 3 aromatic rings. The van der Waals surface area contributed by atoms with E-state index in [0.717, 1.165) is 28.9 Å². The van der Waals surface area contributed by atoms with Crippen molar-refractivity contribution in [2.75, 3.05) is 6.61 Å². The zero-order chi connectivity index (χ0) is 37.4. The monoisotopic (exact) mass is 691 g/mol. The summed E-state index contributed by atoms with van der Waals surface area (Å²) in [4.78, 5) is 46.5. The maximum atomic E-state index is 13.2. The standard InChI is InChI=1S/C41H49N5O5/c1-7-8-9-10-11-24-51-35-22-18-31(19-23-35)28(2)26-44-37(43-6)32-14-12-30(13-15-32)25-36(39(48)45-29(3)40(49)50)46-38(47)33-16-20-34(21-17-33)41(4,5)27-42/h12-23,26,29,36H,6-11,24-25H2,1-5H3,(H,45,48)(H,46,47)(H,49,50)/b28-26+,44-37-/t29-,36+/m1/s1. The second kappa shape index (κ2) is 19.6. The third-order valence-corrected chi connectivity index (χ3v) is 8.51. The number of benzene rings is 3. The Hall–Kier alpha value is -5.56. The lowest BCUT2D eigenvalue weighted by molar-refractivity contribution is -0.141. The highest BCUT2D eigenvalue weighted by Crippen LogP contribution is 2.23. The van der Waals surface area contributed by atoms with Gasteiger partial charge in [-0.3, -0.25) is 14.4 Å². The van der Waals surface area contributed by atoms with Crippen molar-refractivity contribution >= 4 is 35.9 Å². The maximum absolute atomic E-state index is 13.2. The van der Waals surface area contributed by atoms with Crippen LogP contribution in [0.3, 0.4) is 0 Å². The minimum absolute atomic E-state index is 0.0926. The third kappa shape index (κ3) is 12.4. The highest BCUT2D eigenvalue weighted by molar-refractivity contribution is 6.02. The van der Waals surface area contributed by atoms with Crippen molar-refractivity contribution in [3.8, 4) is 11.8 Å². The number of unbranched alkanes of at least 4 members (excludes halogenated alkanes) is 4. The Morgan fingerprint density at radius 2 is 1.53 bits per heavy atom. The third-order valence-electron chi connectivity index (χ3n) is 8.51. The number of nitriles is 1. The summed E-state index contributed by atoms with van der Waals surface area (Å²) in [6, 6.07) is 21.7. The predicted octanol–water partition coefficient (Wildman–Crippen LogP) is 7.28. The van der Waals surface area contributed by atoms with Crippen LogP contribution in [0.4, 0.5) is 0 Å². The molecule has 0 aromatic heterocycles. The number of carbonyl (C=O) groups is 3. The molecule has 3 aromatic carbocycles. The number of allylic oxidation sites excluding steroid dienone is 1. The lowest BCUT2D eigenvalue weighted by Crippen LogP contribution is -2.51. The number of carboxylic acids is 1. The number of amidine groups is 1. The van der Waals surface area contributed by atoms with E-state index in [1.54, 1.807) is 68.6 Å². The quantitative estimate of drug-likeness (QED) is 0.0724. The van der Waals surface area contributed by atoms with Crippen LogP contribution in [0.25, 0.3) is 5.57 Å². The first-order valence-corrected chi connectivity index (χ1v) is 17.3. The Kier molecular flexibility index (Phi) is 15.3. The second-order valence-electron chi connectivity index (χ2n) is 13.0. The summed E-state index contributed by atoms with van der Waals surface area (Å²) in [5.41, 5.74) is 3.66. The number of nitrogens with one attached hydrogen (secondary N) is 2. The van der Waals surface area contributed by atoms with Crippen LogP contribution in [-0.4, -0.2) is 54.1 Å². The van der Waals surface area contributed by atoms with E-state index in [0.29, 0.717) is 29.1 Å². The number of amides is 2. The van der Waals surface area contributed by atoms with Crippen LogP contribution in [0, 0.1) is 11.3 Å². The molecule has 10 heteroatoms. The van der Waals surface area contributed by atoms with E-state index in [4.69, 9.17) is 4.74 Å². The van der Waals surface area contributed by atoms with Crippen molar-refractivity contribution in [2.24, 2.45) is 9.98 Å². The first-order valence-electron chi connectivity index (χ1n) is 17.3. The molecule has 0 radical (unpaired) electrons. The Bertz CT molecular complexity index is 1740. The number of rotatable bonds is 18. The van der Waals surface area contributed by atoms with Crippen LogP contribution in [0.2, 0.25) is 0 Å². The molecule has 0 saturated heterocycles. The average Bonchev–Trinajstić information content (AvgIpc) is 3.13. The van der Waals surface area contributed by atoms with Crippen LogP contribution >= 0.6 is 0 Å². The molecule has 0 saturated carbocycles. The molecule has 0 aliphatic heterocycles. The van der Waals surface area contributed by atoms with Crippen molar-refractivity contribution in [3.05, 3.63) is 107 Å². The molecule has 0 bridgehead atoms. The average molecular weight is 692 g/mol. The van der Waals surface area contributed by atoms with Gasteiger partial charge in [0, 0.05) is 23.7 Å². The van der Waals surface area contributed by atoms with E-state index in [9.17, 15) is 24.8 Å². The number of carbonyl (C=O) groups excluding carboxylic acids is 2. The molecular weight excluding hydrogens is 642 g/mol. The van der Waals surface area contributed by atoms with E-state index in [2.05, 4.69) is 40.3 Å². The van der Waals surface area contributed by atoms with Gasteiger partial charge in [0.2, 0.25) is 5.91 Å². The van der Waals surface area contributed by atoms with E-state index in [-0.39, 0.29) is 6.42 Å². The maximum Gasteiger partial charge on any atom is 0.325 e. The molecule has 3 rings (SSSR count). The lowest BCUT2D eigenvalue weighted by atomic mass is 9.86. The summed E-state index contributed by atoms with van der Waals surface area (Å²) >= 11 is 0. The van der Waals surface area contributed by atoms with Crippen molar-refractivity contribution in [1.29, 1.82) is 5.26 Å². The molecule has 2 atom stereocenters. The lowest BCUT2D eigenvalue weighted by Gasteiger charge is -2.21. The molecule has 0 aliphatic rings. The Labute approximate surface area is 301 Å². The van der Waals surface area contributed by atoms with Gasteiger partial charge in [-0.1, -0.05) is 81.1 Å². The number of nitrogens with zero attached hydrogens (tertiary/aromatic N) is 3. The van der Waals surface area contributed by atoms with Gasteiger partial charge in [-0.25, -0.2) is 9.98 Å². The zero-order valence-corrected chi connectivity index (χ0v) is 30.2. The zero-order valence-electron chi connectivity index (χ0n) is 30.2. The van der Waals surface area contributed by atoms with Crippen LogP contribution in [0.5, 0.6) is 5.75 Å². The SMILES string of the molecule is C=N/C(=N\C=C(/C)c1ccc(OCCCCCCC)cc1)c1ccc(C[C@H](NC(=O)c2ccc(C(C)(C)C#N)cc2)C(=O)N[C@H](C)C(=O)O)cc1. The van der Waals surface area contributed by atoms with Gasteiger partial charge in [0.15, 0.2) is 5.84 Å². The number of ether oxygens (including phenoxy) is 1. The van der Waals surface area contributed by atoms with E-state index in [1.165, 1.54) is 32.6 Å². The van der Waals surface area contributed by atoms with Gasteiger partial charge in [-0.2, -0.15) is 5.26 Å². The molecule has 2 amide bonds. The van der Waals surface area contributed by atoms with Gasteiger partial charge in [0.25, 0.3) is 5.91 Å². The molecule has 0 spiro atoms. The predicted molar refractivity (Wildman–Crippen MR) is 202 cm³/mol. The minimum atomic E-state index is -1.20. The highest BCUT2D eigenvalue weighted by Gasteiger charge is 2.26. The van der Waals surface area contributed by atoms with E-state index < -0.39 is 35.3 Å². The van der Waals surface area contributed by atoms with Crippen molar-refractivity contribution in [1.82, 2.24) is 10.6 Å². The molecule has 0 aliphatic carbocycles. The Morgan fingerprint density at radius 3 is 2.12 bits per heavy atom. The fourth-order valence-corrected chi connectivity index (χ4v) is 5.10. The number of aliphatic imine (C=N–C) groups is 2. The molecular formula is C41H49N5O5. The van der Waals surface area contributed by atoms with Crippen LogP contribution < -0.4 is 15.4 Å².